The molecule has 1 atom stereocenters. The fourth-order valence-corrected chi connectivity index (χ4v) is 5.57. The molecule has 0 aliphatic carbocycles. The van der Waals surface area contributed by atoms with Gasteiger partial charge in [0.05, 0.1) is 22.6 Å². The minimum absolute atomic E-state index is 0.0817. The maximum absolute atomic E-state index is 11.6. The lowest BCUT2D eigenvalue weighted by Crippen LogP contribution is -2.72. The van der Waals surface area contributed by atoms with E-state index in [0.29, 0.717) is 28.4 Å². The summed E-state index contributed by atoms with van der Waals surface area (Å²) in [6.45, 7) is 9.22. The van der Waals surface area contributed by atoms with E-state index in [2.05, 4.69) is 25.2 Å². The Morgan fingerprint density at radius 1 is 1.03 bits per heavy atom. The summed E-state index contributed by atoms with van der Waals surface area (Å²) in [6.07, 6.45) is 0. The van der Waals surface area contributed by atoms with E-state index in [4.69, 9.17) is 9.51 Å². The second-order valence-corrected chi connectivity index (χ2v) is 10.6. The van der Waals surface area contributed by atoms with Gasteiger partial charge in [0.1, 0.15) is 17.2 Å². The van der Waals surface area contributed by atoms with E-state index in [0.717, 1.165) is 43.1 Å². The number of carbonyl (C=O) groups is 1. The number of para-hydroxylation sites is 1. The summed E-state index contributed by atoms with van der Waals surface area (Å²) in [5.74, 6) is -0.416. The Kier molecular flexibility index (Phi) is 5.29. The van der Waals surface area contributed by atoms with Crippen LogP contribution in [0.2, 0.25) is 0 Å². The molecule has 0 bridgehead atoms. The molecule has 190 valence electrons. The molecule has 2 saturated heterocycles. The van der Waals surface area contributed by atoms with Gasteiger partial charge in [-0.2, -0.15) is 0 Å². The monoisotopic (exact) mass is 500 g/mol. The molecule has 0 radical (unpaired) electrons. The average molecular weight is 501 g/mol. The molecule has 6 rings (SSSR count). The van der Waals surface area contributed by atoms with Crippen LogP contribution in [0.3, 0.4) is 0 Å². The third-order valence-corrected chi connectivity index (χ3v) is 7.44. The van der Waals surface area contributed by atoms with Gasteiger partial charge in [0, 0.05) is 43.2 Å². The van der Waals surface area contributed by atoms with Gasteiger partial charge in [-0.15, -0.1) is 10.2 Å². The standard InChI is InChI=1S/C27H28N6O4/c1-15(2)25(26(35)36)23-10-24(31-37-23)33-13-27(14-33)11-32(12-27)21-9-20-19(28-16(21)3)8-18(29-30-20)17-6-4-5-7-22(17)34/h4-10,15,25,34H,11-14H2,1-3H3,(H,35,36). The van der Waals surface area contributed by atoms with Crippen LogP contribution in [0, 0.1) is 18.3 Å². The summed E-state index contributed by atoms with van der Waals surface area (Å²) in [5.41, 5.74) is 4.80. The molecule has 2 fully saturated rings. The van der Waals surface area contributed by atoms with E-state index in [9.17, 15) is 15.0 Å². The van der Waals surface area contributed by atoms with Crippen molar-refractivity contribution in [2.75, 3.05) is 36.0 Å². The number of benzene rings is 1. The van der Waals surface area contributed by atoms with Crippen molar-refractivity contribution < 1.29 is 19.5 Å². The van der Waals surface area contributed by atoms with Crippen molar-refractivity contribution in [2.24, 2.45) is 11.3 Å². The quantitative estimate of drug-likeness (QED) is 0.403. The fourth-order valence-electron chi connectivity index (χ4n) is 5.57. The molecule has 1 aromatic carbocycles. The largest absolute Gasteiger partial charge is 0.507 e. The number of anilines is 2. The first kappa shape index (κ1) is 23.2. The van der Waals surface area contributed by atoms with Crippen LogP contribution in [0.5, 0.6) is 5.75 Å². The molecular weight excluding hydrogens is 472 g/mol. The van der Waals surface area contributed by atoms with Crippen molar-refractivity contribution in [1.29, 1.82) is 0 Å². The van der Waals surface area contributed by atoms with E-state index in [1.807, 2.05) is 45.0 Å². The lowest BCUT2D eigenvalue weighted by atomic mass is 9.72. The van der Waals surface area contributed by atoms with Crippen LogP contribution in [0.1, 0.15) is 31.2 Å². The van der Waals surface area contributed by atoms with Gasteiger partial charge < -0.3 is 24.5 Å². The molecule has 2 N–H and O–H groups in total. The first-order valence-electron chi connectivity index (χ1n) is 12.4. The molecule has 1 spiro atoms. The molecule has 10 heteroatoms. The maximum Gasteiger partial charge on any atom is 0.314 e. The molecule has 5 heterocycles. The minimum Gasteiger partial charge on any atom is -0.507 e. The van der Waals surface area contributed by atoms with Crippen LogP contribution in [0.4, 0.5) is 11.5 Å². The zero-order chi connectivity index (χ0) is 25.9. The normalized spacial score (nSPS) is 17.2. The molecule has 0 amide bonds. The van der Waals surface area contributed by atoms with Crippen molar-refractivity contribution in [3.8, 4) is 17.0 Å². The Bertz CT molecular complexity index is 1500. The number of carboxylic acid groups (broad SMARTS) is 1. The molecule has 0 saturated carbocycles. The number of rotatable bonds is 6. The Balaban J connectivity index is 1.14. The molecule has 1 unspecified atom stereocenters. The number of pyridine rings is 1. The summed E-state index contributed by atoms with van der Waals surface area (Å²) >= 11 is 0. The zero-order valence-corrected chi connectivity index (χ0v) is 20.9. The van der Waals surface area contributed by atoms with Crippen LogP contribution in [-0.2, 0) is 4.79 Å². The number of carboxylic acids is 1. The van der Waals surface area contributed by atoms with Crippen LogP contribution < -0.4 is 9.80 Å². The van der Waals surface area contributed by atoms with Crippen LogP contribution in [0.15, 0.2) is 47.0 Å². The van der Waals surface area contributed by atoms with Crippen molar-refractivity contribution in [3.05, 3.63) is 53.9 Å². The van der Waals surface area contributed by atoms with Crippen molar-refractivity contribution in [3.63, 3.8) is 0 Å². The van der Waals surface area contributed by atoms with Crippen molar-refractivity contribution >= 4 is 28.5 Å². The van der Waals surface area contributed by atoms with Gasteiger partial charge in [-0.3, -0.25) is 4.79 Å². The van der Waals surface area contributed by atoms with Crippen LogP contribution in [0.25, 0.3) is 22.3 Å². The number of nitrogens with zero attached hydrogens (tertiary/aromatic N) is 6. The Hall–Kier alpha value is -4.21. The van der Waals surface area contributed by atoms with E-state index in [-0.39, 0.29) is 17.1 Å². The summed E-state index contributed by atoms with van der Waals surface area (Å²) in [4.78, 5) is 20.8. The third kappa shape index (κ3) is 3.92. The number of hydrogen-bond acceptors (Lipinski definition) is 9. The Morgan fingerprint density at radius 2 is 1.76 bits per heavy atom. The summed E-state index contributed by atoms with van der Waals surface area (Å²) in [6, 6.07) is 12.7. The van der Waals surface area contributed by atoms with Gasteiger partial charge in [0.15, 0.2) is 11.6 Å². The van der Waals surface area contributed by atoms with E-state index >= 15 is 0 Å². The predicted octanol–water partition coefficient (Wildman–Crippen LogP) is 3.84. The molecule has 2 aliphatic heterocycles. The lowest BCUT2D eigenvalue weighted by molar-refractivity contribution is -0.140. The number of aromatic hydroxyl groups is 1. The highest BCUT2D eigenvalue weighted by molar-refractivity contribution is 5.83. The first-order chi connectivity index (χ1) is 17.7. The molecule has 4 aromatic rings. The van der Waals surface area contributed by atoms with E-state index in [1.54, 1.807) is 18.2 Å². The van der Waals surface area contributed by atoms with Crippen LogP contribution in [-0.4, -0.2) is 62.7 Å². The molecule has 2 aliphatic rings. The second-order valence-electron chi connectivity index (χ2n) is 10.6. The minimum atomic E-state index is -0.897. The highest BCUT2D eigenvalue weighted by Crippen LogP contribution is 2.45. The van der Waals surface area contributed by atoms with E-state index in [1.165, 1.54) is 0 Å². The summed E-state index contributed by atoms with van der Waals surface area (Å²) in [7, 11) is 0. The van der Waals surface area contributed by atoms with Crippen molar-refractivity contribution in [1.82, 2.24) is 20.3 Å². The molecule has 3 aromatic heterocycles. The molecular formula is C27H28N6O4. The van der Waals surface area contributed by atoms with E-state index < -0.39 is 11.9 Å². The van der Waals surface area contributed by atoms with Gasteiger partial charge in [-0.05, 0) is 37.1 Å². The summed E-state index contributed by atoms with van der Waals surface area (Å²) in [5, 5.41) is 32.5. The number of phenolic OH excluding ortho intramolecular Hbond substituents is 1. The van der Waals surface area contributed by atoms with Gasteiger partial charge in [0.2, 0.25) is 0 Å². The Labute approximate surface area is 213 Å². The first-order valence-corrected chi connectivity index (χ1v) is 12.4. The van der Waals surface area contributed by atoms with Gasteiger partial charge >= 0.3 is 5.97 Å². The zero-order valence-electron chi connectivity index (χ0n) is 20.9. The molecule has 37 heavy (non-hydrogen) atoms. The average Bonchev–Trinajstić information content (AvgIpc) is 3.26. The third-order valence-electron chi connectivity index (χ3n) is 7.44. The van der Waals surface area contributed by atoms with Gasteiger partial charge in [0.25, 0.3) is 0 Å². The Morgan fingerprint density at radius 3 is 2.46 bits per heavy atom. The number of aromatic nitrogens is 4. The van der Waals surface area contributed by atoms with Gasteiger partial charge in [-0.25, -0.2) is 4.98 Å². The number of hydrogen-bond donors (Lipinski definition) is 2. The predicted molar refractivity (Wildman–Crippen MR) is 138 cm³/mol. The number of fused-ring (bicyclic) bond motifs is 1. The van der Waals surface area contributed by atoms with Crippen LogP contribution >= 0.6 is 0 Å². The molecule has 10 nitrogen and oxygen atoms in total. The van der Waals surface area contributed by atoms with Crippen molar-refractivity contribution in [2.45, 2.75) is 26.7 Å². The maximum atomic E-state index is 11.6. The SMILES string of the molecule is Cc1nc2cc(-c3ccccc3O)nnc2cc1N1CC2(CN(c3cc(C(C(=O)O)C(C)C)on3)C2)C1. The lowest BCUT2D eigenvalue weighted by Gasteiger charge is -2.61. The number of phenols is 1. The second kappa shape index (κ2) is 8.43. The topological polar surface area (TPSA) is 129 Å². The van der Waals surface area contributed by atoms with Gasteiger partial charge in [-0.1, -0.05) is 31.1 Å². The highest BCUT2D eigenvalue weighted by atomic mass is 16.5. The highest BCUT2D eigenvalue weighted by Gasteiger charge is 2.53. The fraction of sp³-hybridized carbons (Fsp3) is 0.370. The smallest absolute Gasteiger partial charge is 0.314 e. The number of aliphatic carboxylic acids is 1. The summed E-state index contributed by atoms with van der Waals surface area (Å²) < 4.78 is 5.40. The number of aryl methyl sites for hydroxylation is 1.